The summed E-state index contributed by atoms with van der Waals surface area (Å²) in [6.45, 7) is 3.65. The third kappa shape index (κ3) is 2.45. The highest BCUT2D eigenvalue weighted by molar-refractivity contribution is 14.1. The Morgan fingerprint density at radius 3 is 2.88 bits per heavy atom. The summed E-state index contributed by atoms with van der Waals surface area (Å²) >= 11 is 2.27. The largest absolute Gasteiger partial charge is 0.381 e. The summed E-state index contributed by atoms with van der Waals surface area (Å²) in [5, 5.41) is 3.12. The second-order valence-electron chi connectivity index (χ2n) is 3.99. The molecule has 1 unspecified atom stereocenters. The van der Waals surface area contributed by atoms with Gasteiger partial charge >= 0.3 is 0 Å². The van der Waals surface area contributed by atoms with Crippen molar-refractivity contribution in [2.75, 3.05) is 25.6 Å². The first-order chi connectivity index (χ1) is 7.72. The van der Waals surface area contributed by atoms with Crippen molar-refractivity contribution >= 4 is 28.4 Å². The Kier molecular flexibility index (Phi) is 3.96. The van der Waals surface area contributed by atoms with E-state index in [-0.39, 0.29) is 0 Å². The number of nitrogens with zero attached hydrogens (tertiary/aromatic N) is 2. The van der Waals surface area contributed by atoms with Crippen LogP contribution in [-0.4, -0.2) is 30.2 Å². The SMILES string of the molecule is CNc1nc(C2CCCOC2)nc(C)c1I. The molecule has 0 amide bonds. The molecule has 1 fully saturated rings. The zero-order chi connectivity index (χ0) is 11.5. The quantitative estimate of drug-likeness (QED) is 0.844. The standard InChI is InChI=1S/C11H16IN3O/c1-7-9(12)11(13-2)15-10(14-7)8-4-3-5-16-6-8/h8H,3-6H2,1-2H3,(H,13,14,15). The van der Waals surface area contributed by atoms with E-state index in [1.807, 2.05) is 14.0 Å². The Hall–Kier alpha value is -0.430. The normalized spacial score (nSPS) is 20.8. The second-order valence-corrected chi connectivity index (χ2v) is 5.07. The molecule has 1 aromatic heterocycles. The van der Waals surface area contributed by atoms with Crippen molar-refractivity contribution in [2.24, 2.45) is 0 Å². The van der Waals surface area contributed by atoms with Gasteiger partial charge in [-0.1, -0.05) is 0 Å². The summed E-state index contributed by atoms with van der Waals surface area (Å²) < 4.78 is 6.58. The smallest absolute Gasteiger partial charge is 0.143 e. The number of halogens is 1. The molecule has 16 heavy (non-hydrogen) atoms. The van der Waals surface area contributed by atoms with E-state index in [4.69, 9.17) is 4.74 Å². The molecule has 0 aromatic carbocycles. The van der Waals surface area contributed by atoms with Gasteiger partial charge in [0.15, 0.2) is 0 Å². The van der Waals surface area contributed by atoms with E-state index in [9.17, 15) is 0 Å². The van der Waals surface area contributed by atoms with Crippen molar-refractivity contribution in [3.8, 4) is 0 Å². The zero-order valence-corrected chi connectivity index (χ0v) is 11.7. The molecule has 1 saturated heterocycles. The fraction of sp³-hybridized carbons (Fsp3) is 0.636. The molecule has 2 heterocycles. The summed E-state index contributed by atoms with van der Waals surface area (Å²) in [5.41, 5.74) is 1.04. The topological polar surface area (TPSA) is 47.0 Å². The lowest BCUT2D eigenvalue weighted by Crippen LogP contribution is -2.19. The van der Waals surface area contributed by atoms with E-state index in [2.05, 4.69) is 37.9 Å². The van der Waals surface area contributed by atoms with Crippen molar-refractivity contribution in [1.29, 1.82) is 0 Å². The fourth-order valence-electron chi connectivity index (χ4n) is 1.87. The molecule has 0 radical (unpaired) electrons. The number of rotatable bonds is 2. The van der Waals surface area contributed by atoms with Crippen LogP contribution in [0.4, 0.5) is 5.82 Å². The predicted molar refractivity (Wildman–Crippen MR) is 71.8 cm³/mol. The molecule has 0 spiro atoms. The van der Waals surface area contributed by atoms with Crippen molar-refractivity contribution in [3.05, 3.63) is 15.1 Å². The molecule has 1 aliphatic rings. The number of nitrogens with one attached hydrogen (secondary N) is 1. The Morgan fingerprint density at radius 1 is 1.44 bits per heavy atom. The minimum atomic E-state index is 0.358. The van der Waals surface area contributed by atoms with Crippen molar-refractivity contribution in [3.63, 3.8) is 0 Å². The maximum absolute atomic E-state index is 5.48. The van der Waals surface area contributed by atoms with Crippen LogP contribution >= 0.6 is 22.6 Å². The fourth-order valence-corrected chi connectivity index (χ4v) is 2.38. The molecule has 0 bridgehead atoms. The lowest BCUT2D eigenvalue weighted by molar-refractivity contribution is 0.0780. The maximum Gasteiger partial charge on any atom is 0.143 e. The monoisotopic (exact) mass is 333 g/mol. The van der Waals surface area contributed by atoms with E-state index in [0.717, 1.165) is 47.0 Å². The van der Waals surface area contributed by atoms with Crippen molar-refractivity contribution in [2.45, 2.75) is 25.7 Å². The molecule has 1 aliphatic heterocycles. The summed E-state index contributed by atoms with van der Waals surface area (Å²) in [7, 11) is 1.89. The highest BCUT2D eigenvalue weighted by atomic mass is 127. The minimum absolute atomic E-state index is 0.358. The van der Waals surface area contributed by atoms with Crippen LogP contribution in [0.3, 0.4) is 0 Å². The van der Waals surface area contributed by atoms with Gasteiger partial charge in [-0.05, 0) is 42.4 Å². The van der Waals surface area contributed by atoms with Crippen molar-refractivity contribution < 1.29 is 4.74 Å². The second kappa shape index (κ2) is 5.27. The summed E-state index contributed by atoms with van der Waals surface area (Å²) in [6.07, 6.45) is 2.23. The lowest BCUT2D eigenvalue weighted by Gasteiger charge is -2.21. The van der Waals surface area contributed by atoms with Gasteiger partial charge in [0.1, 0.15) is 11.6 Å². The van der Waals surface area contributed by atoms with E-state index in [1.165, 1.54) is 0 Å². The Morgan fingerprint density at radius 2 is 2.25 bits per heavy atom. The van der Waals surface area contributed by atoms with Gasteiger partial charge in [-0.25, -0.2) is 9.97 Å². The highest BCUT2D eigenvalue weighted by Crippen LogP contribution is 2.26. The van der Waals surface area contributed by atoms with E-state index in [0.29, 0.717) is 5.92 Å². The molecule has 0 aliphatic carbocycles. The lowest BCUT2D eigenvalue weighted by atomic mass is 10.0. The number of hydrogen-bond donors (Lipinski definition) is 1. The van der Waals surface area contributed by atoms with Crippen LogP contribution in [0, 0.1) is 10.5 Å². The van der Waals surface area contributed by atoms with Gasteiger partial charge in [0.05, 0.1) is 15.9 Å². The number of ether oxygens (including phenoxy) is 1. The predicted octanol–water partition coefficient (Wildman–Crippen LogP) is 2.33. The Balaban J connectivity index is 2.29. The first kappa shape index (κ1) is 12.0. The van der Waals surface area contributed by atoms with E-state index in [1.54, 1.807) is 0 Å². The molecule has 1 N–H and O–H groups in total. The maximum atomic E-state index is 5.48. The molecule has 88 valence electrons. The number of anilines is 1. The van der Waals surface area contributed by atoms with Crippen LogP contribution in [0.25, 0.3) is 0 Å². The summed E-state index contributed by atoms with van der Waals surface area (Å²) in [5.74, 6) is 2.20. The third-order valence-corrected chi connectivity index (χ3v) is 4.09. The first-order valence-electron chi connectivity index (χ1n) is 5.52. The minimum Gasteiger partial charge on any atom is -0.381 e. The van der Waals surface area contributed by atoms with Gasteiger partial charge in [-0.15, -0.1) is 0 Å². The van der Waals surface area contributed by atoms with Gasteiger partial charge in [-0.3, -0.25) is 0 Å². The van der Waals surface area contributed by atoms with Crippen LogP contribution in [0.2, 0.25) is 0 Å². The molecule has 1 aromatic rings. The molecular weight excluding hydrogens is 317 g/mol. The van der Waals surface area contributed by atoms with Gasteiger partial charge in [0.2, 0.25) is 0 Å². The molecule has 0 saturated carbocycles. The average Bonchev–Trinajstić information content (AvgIpc) is 2.33. The molecular formula is C11H16IN3O. The molecule has 4 nitrogen and oxygen atoms in total. The van der Waals surface area contributed by atoms with Crippen LogP contribution in [0.1, 0.15) is 30.3 Å². The summed E-state index contributed by atoms with van der Waals surface area (Å²) in [6, 6.07) is 0. The Bertz CT molecular complexity index is 378. The molecule has 1 atom stereocenters. The summed E-state index contributed by atoms with van der Waals surface area (Å²) in [4.78, 5) is 9.13. The van der Waals surface area contributed by atoms with Crippen LogP contribution in [0.5, 0.6) is 0 Å². The highest BCUT2D eigenvalue weighted by Gasteiger charge is 2.20. The van der Waals surface area contributed by atoms with Gasteiger partial charge < -0.3 is 10.1 Å². The molecule has 2 rings (SSSR count). The van der Waals surface area contributed by atoms with Crippen LogP contribution < -0.4 is 5.32 Å². The van der Waals surface area contributed by atoms with E-state index < -0.39 is 0 Å². The number of aromatic nitrogens is 2. The van der Waals surface area contributed by atoms with Gasteiger partial charge in [-0.2, -0.15) is 0 Å². The van der Waals surface area contributed by atoms with Gasteiger partial charge in [0.25, 0.3) is 0 Å². The third-order valence-electron chi connectivity index (χ3n) is 2.80. The van der Waals surface area contributed by atoms with Gasteiger partial charge in [0, 0.05) is 19.6 Å². The van der Waals surface area contributed by atoms with Crippen molar-refractivity contribution in [1.82, 2.24) is 9.97 Å². The molecule has 5 heteroatoms. The number of hydrogen-bond acceptors (Lipinski definition) is 4. The van der Waals surface area contributed by atoms with E-state index >= 15 is 0 Å². The van der Waals surface area contributed by atoms with Crippen LogP contribution in [0.15, 0.2) is 0 Å². The van der Waals surface area contributed by atoms with Crippen LogP contribution in [-0.2, 0) is 4.74 Å². The first-order valence-corrected chi connectivity index (χ1v) is 6.59. The number of aryl methyl sites for hydroxylation is 1. The average molecular weight is 333 g/mol. The zero-order valence-electron chi connectivity index (χ0n) is 9.59. The Labute approximate surface area is 109 Å².